The molecule has 5 heteroatoms. The van der Waals surface area contributed by atoms with Crippen LogP contribution in [-0.2, 0) is 11.3 Å². The highest BCUT2D eigenvalue weighted by molar-refractivity contribution is 6.23. The fraction of sp³-hybridized carbons (Fsp3) is 0.176. The first-order chi connectivity index (χ1) is 10.8. The Kier molecular flexibility index (Phi) is 4.05. The van der Waals surface area contributed by atoms with Gasteiger partial charge in [-0.05, 0) is 30.7 Å². The standard InChI is InChI=1S/C17H16N4O/c1-13-16(12-19-11-14-6-5-9-18-10-14)17(22)21(20-13)15-7-3-2-4-8-15/h2-10,12,16H,11H2,1H3/t16-/m0/s1. The number of aromatic nitrogens is 1. The third-order valence-corrected chi connectivity index (χ3v) is 3.43. The predicted molar refractivity (Wildman–Crippen MR) is 87.0 cm³/mol. The molecule has 0 saturated heterocycles. The van der Waals surface area contributed by atoms with Crippen molar-refractivity contribution >= 4 is 23.5 Å². The molecule has 0 aliphatic carbocycles. The molecule has 110 valence electrons. The van der Waals surface area contributed by atoms with Crippen molar-refractivity contribution in [2.45, 2.75) is 13.5 Å². The van der Waals surface area contributed by atoms with Crippen LogP contribution in [0.25, 0.3) is 0 Å². The van der Waals surface area contributed by atoms with Crippen LogP contribution in [0.4, 0.5) is 5.69 Å². The zero-order valence-electron chi connectivity index (χ0n) is 12.3. The lowest BCUT2D eigenvalue weighted by molar-refractivity contribution is -0.118. The van der Waals surface area contributed by atoms with Crippen molar-refractivity contribution in [2.24, 2.45) is 16.0 Å². The molecule has 2 heterocycles. The van der Waals surface area contributed by atoms with Gasteiger partial charge in [0, 0.05) is 18.6 Å². The van der Waals surface area contributed by atoms with Gasteiger partial charge < -0.3 is 0 Å². The molecule has 1 aliphatic heterocycles. The highest BCUT2D eigenvalue weighted by Crippen LogP contribution is 2.22. The van der Waals surface area contributed by atoms with Gasteiger partial charge in [0.05, 0.1) is 17.9 Å². The molecule has 1 aromatic heterocycles. The van der Waals surface area contributed by atoms with Gasteiger partial charge in [-0.2, -0.15) is 10.1 Å². The number of nitrogens with zero attached hydrogens (tertiary/aromatic N) is 4. The topological polar surface area (TPSA) is 57.9 Å². The quantitative estimate of drug-likeness (QED) is 0.813. The predicted octanol–water partition coefficient (Wildman–Crippen LogP) is 2.69. The van der Waals surface area contributed by atoms with Crippen molar-refractivity contribution in [1.82, 2.24) is 4.98 Å². The van der Waals surface area contributed by atoms with Crippen LogP contribution in [0, 0.1) is 5.92 Å². The summed E-state index contributed by atoms with van der Waals surface area (Å²) in [5.41, 5.74) is 2.54. The molecule has 3 rings (SSSR count). The van der Waals surface area contributed by atoms with Gasteiger partial charge in [0.25, 0.3) is 5.91 Å². The van der Waals surface area contributed by atoms with Gasteiger partial charge >= 0.3 is 0 Å². The van der Waals surface area contributed by atoms with Gasteiger partial charge in [-0.3, -0.25) is 14.8 Å². The Balaban J connectivity index is 1.71. The molecule has 1 aromatic carbocycles. The summed E-state index contributed by atoms with van der Waals surface area (Å²) in [7, 11) is 0. The number of benzene rings is 1. The first-order valence-corrected chi connectivity index (χ1v) is 7.08. The van der Waals surface area contributed by atoms with Gasteiger partial charge in [-0.25, -0.2) is 0 Å². The van der Waals surface area contributed by atoms with Crippen LogP contribution in [-0.4, -0.2) is 22.8 Å². The zero-order valence-corrected chi connectivity index (χ0v) is 12.3. The number of carbonyl (C=O) groups excluding carboxylic acids is 1. The summed E-state index contributed by atoms with van der Waals surface area (Å²) in [6, 6.07) is 13.2. The molecule has 0 unspecified atom stereocenters. The van der Waals surface area contributed by atoms with Gasteiger partial charge in [0.1, 0.15) is 5.92 Å². The van der Waals surface area contributed by atoms with E-state index in [0.29, 0.717) is 6.54 Å². The number of rotatable bonds is 4. The molecule has 2 aromatic rings. The Labute approximate surface area is 129 Å². The minimum Gasteiger partial charge on any atom is -0.291 e. The van der Waals surface area contributed by atoms with Crippen molar-refractivity contribution in [1.29, 1.82) is 0 Å². The second-order valence-electron chi connectivity index (χ2n) is 5.06. The van der Waals surface area contributed by atoms with E-state index in [1.165, 1.54) is 5.01 Å². The number of hydrogen-bond donors (Lipinski definition) is 0. The lowest BCUT2D eigenvalue weighted by Gasteiger charge is -2.12. The number of hydrazone groups is 1. The number of carbonyl (C=O) groups is 1. The van der Waals surface area contributed by atoms with E-state index in [1.54, 1.807) is 18.6 Å². The van der Waals surface area contributed by atoms with Crippen molar-refractivity contribution in [3.05, 3.63) is 60.4 Å². The molecule has 1 aliphatic rings. The van der Waals surface area contributed by atoms with Crippen LogP contribution >= 0.6 is 0 Å². The van der Waals surface area contributed by atoms with E-state index < -0.39 is 5.92 Å². The number of para-hydroxylation sites is 1. The number of aliphatic imine (C=N–C) groups is 1. The van der Waals surface area contributed by atoms with Crippen LogP contribution in [0.5, 0.6) is 0 Å². The molecule has 0 N–H and O–H groups in total. The van der Waals surface area contributed by atoms with Crippen LogP contribution in [0.1, 0.15) is 12.5 Å². The van der Waals surface area contributed by atoms with Crippen molar-refractivity contribution in [3.8, 4) is 0 Å². The van der Waals surface area contributed by atoms with Crippen molar-refractivity contribution in [3.63, 3.8) is 0 Å². The average Bonchev–Trinajstić information content (AvgIpc) is 2.85. The molecule has 0 radical (unpaired) electrons. The number of hydrogen-bond acceptors (Lipinski definition) is 4. The van der Waals surface area contributed by atoms with E-state index in [2.05, 4.69) is 15.1 Å². The minimum absolute atomic E-state index is 0.0707. The normalized spacial score (nSPS) is 18.0. The third-order valence-electron chi connectivity index (χ3n) is 3.43. The maximum atomic E-state index is 12.5. The molecule has 0 bridgehead atoms. The summed E-state index contributed by atoms with van der Waals surface area (Å²) in [6.07, 6.45) is 5.17. The SMILES string of the molecule is CC1=NN(c2ccccc2)C(=O)[C@H]1C=NCc1cccnc1. The molecular formula is C17H16N4O. The molecule has 0 spiro atoms. The molecule has 1 atom stereocenters. The Hall–Kier alpha value is -2.82. The Bertz CT molecular complexity index is 710. The largest absolute Gasteiger partial charge is 0.291 e. The number of pyridine rings is 1. The lowest BCUT2D eigenvalue weighted by Crippen LogP contribution is -2.27. The van der Waals surface area contributed by atoms with Crippen LogP contribution in [0.3, 0.4) is 0 Å². The summed E-state index contributed by atoms with van der Waals surface area (Å²) in [6.45, 7) is 2.36. The smallest absolute Gasteiger partial charge is 0.261 e. The summed E-state index contributed by atoms with van der Waals surface area (Å²) >= 11 is 0. The first-order valence-electron chi connectivity index (χ1n) is 7.08. The molecular weight excluding hydrogens is 276 g/mol. The first kappa shape index (κ1) is 14.1. The van der Waals surface area contributed by atoms with E-state index in [9.17, 15) is 4.79 Å². The van der Waals surface area contributed by atoms with E-state index >= 15 is 0 Å². The van der Waals surface area contributed by atoms with Gasteiger partial charge in [-0.1, -0.05) is 24.3 Å². The van der Waals surface area contributed by atoms with Crippen LogP contribution < -0.4 is 5.01 Å². The number of anilines is 1. The molecule has 5 nitrogen and oxygen atoms in total. The van der Waals surface area contributed by atoms with Crippen molar-refractivity contribution in [2.75, 3.05) is 5.01 Å². The molecule has 0 saturated carbocycles. The maximum Gasteiger partial charge on any atom is 0.261 e. The Morgan fingerprint density at radius 3 is 2.77 bits per heavy atom. The Morgan fingerprint density at radius 2 is 2.05 bits per heavy atom. The van der Waals surface area contributed by atoms with Gasteiger partial charge in [0.15, 0.2) is 0 Å². The second-order valence-corrected chi connectivity index (χ2v) is 5.06. The molecule has 0 fully saturated rings. The van der Waals surface area contributed by atoms with Crippen LogP contribution in [0.15, 0.2) is 65.0 Å². The third kappa shape index (κ3) is 2.93. The maximum absolute atomic E-state index is 12.5. The summed E-state index contributed by atoms with van der Waals surface area (Å²) in [4.78, 5) is 20.9. The Morgan fingerprint density at radius 1 is 1.23 bits per heavy atom. The van der Waals surface area contributed by atoms with Crippen LogP contribution in [0.2, 0.25) is 0 Å². The van der Waals surface area contributed by atoms with E-state index in [4.69, 9.17) is 0 Å². The second kappa shape index (κ2) is 6.30. The number of amides is 1. The average molecular weight is 292 g/mol. The van der Waals surface area contributed by atoms with E-state index in [-0.39, 0.29) is 5.91 Å². The van der Waals surface area contributed by atoms with E-state index in [0.717, 1.165) is 17.0 Å². The summed E-state index contributed by atoms with van der Waals surface area (Å²) in [5, 5.41) is 5.78. The van der Waals surface area contributed by atoms with Crippen molar-refractivity contribution < 1.29 is 4.79 Å². The highest BCUT2D eigenvalue weighted by Gasteiger charge is 2.32. The molecule has 1 amide bonds. The lowest BCUT2D eigenvalue weighted by atomic mass is 10.1. The highest BCUT2D eigenvalue weighted by atomic mass is 16.2. The fourth-order valence-electron chi connectivity index (χ4n) is 2.26. The van der Waals surface area contributed by atoms with Gasteiger partial charge in [0.2, 0.25) is 0 Å². The van der Waals surface area contributed by atoms with E-state index in [1.807, 2.05) is 49.4 Å². The van der Waals surface area contributed by atoms with Gasteiger partial charge in [-0.15, -0.1) is 0 Å². The fourth-order valence-corrected chi connectivity index (χ4v) is 2.26. The summed E-state index contributed by atoms with van der Waals surface area (Å²) in [5.74, 6) is -0.462. The zero-order chi connectivity index (χ0) is 15.4. The monoisotopic (exact) mass is 292 g/mol. The minimum atomic E-state index is -0.392. The molecule has 22 heavy (non-hydrogen) atoms. The summed E-state index contributed by atoms with van der Waals surface area (Å²) < 4.78 is 0.